The minimum Gasteiger partial charge on any atom is -0.483 e. The monoisotopic (exact) mass is 428 g/mol. The number of methoxy groups -OCH3 is 1. The number of benzene rings is 2. The van der Waals surface area contributed by atoms with Crippen LogP contribution in [0.2, 0.25) is 0 Å². The van der Waals surface area contributed by atoms with E-state index in [2.05, 4.69) is 17.9 Å². The molecule has 0 fully saturated rings. The molecular formula is C27H28N2O3. The molecule has 0 saturated heterocycles. The van der Waals surface area contributed by atoms with Crippen molar-refractivity contribution >= 4 is 11.6 Å². The molecule has 0 saturated carbocycles. The Morgan fingerprint density at radius 1 is 0.969 bits per heavy atom. The summed E-state index contributed by atoms with van der Waals surface area (Å²) in [5.74, 6) is 5.97. The average Bonchev–Trinajstić information content (AvgIpc) is 2.85. The van der Waals surface area contributed by atoms with Crippen LogP contribution in [0.25, 0.3) is 0 Å². The number of allylic oxidation sites excluding steroid dienone is 2. The number of hydrogen-bond acceptors (Lipinski definition) is 5. The summed E-state index contributed by atoms with van der Waals surface area (Å²) >= 11 is 0. The van der Waals surface area contributed by atoms with E-state index in [0.29, 0.717) is 0 Å². The van der Waals surface area contributed by atoms with Crippen LogP contribution in [-0.2, 0) is 27.4 Å². The lowest BCUT2D eigenvalue weighted by Gasteiger charge is -2.17. The van der Waals surface area contributed by atoms with Crippen molar-refractivity contribution in [2.45, 2.75) is 38.6 Å². The van der Waals surface area contributed by atoms with Gasteiger partial charge in [0.15, 0.2) is 5.76 Å². The zero-order chi connectivity index (χ0) is 22.6. The van der Waals surface area contributed by atoms with Gasteiger partial charge in [-0.15, -0.1) is 0 Å². The van der Waals surface area contributed by atoms with Crippen molar-refractivity contribution in [3.8, 4) is 11.8 Å². The Kier molecular flexibility index (Phi) is 8.85. The lowest BCUT2D eigenvalue weighted by atomic mass is 9.97. The average molecular weight is 429 g/mol. The van der Waals surface area contributed by atoms with Crippen molar-refractivity contribution < 1.29 is 14.2 Å². The molecule has 32 heavy (non-hydrogen) atoms. The lowest BCUT2D eigenvalue weighted by Crippen LogP contribution is -2.13. The van der Waals surface area contributed by atoms with E-state index in [0.717, 1.165) is 36.0 Å². The maximum Gasteiger partial charge on any atom is 0.249 e. The summed E-state index contributed by atoms with van der Waals surface area (Å²) in [5.41, 5.74) is 2.99. The van der Waals surface area contributed by atoms with E-state index in [-0.39, 0.29) is 36.7 Å². The van der Waals surface area contributed by atoms with Crippen LogP contribution in [0.15, 0.2) is 84.1 Å². The first-order chi connectivity index (χ1) is 15.6. The molecule has 164 valence electrons. The summed E-state index contributed by atoms with van der Waals surface area (Å²) in [7, 11) is 1.72. The second-order valence-corrected chi connectivity index (χ2v) is 7.41. The predicted octanol–water partition coefficient (Wildman–Crippen LogP) is 5.43. The van der Waals surface area contributed by atoms with Gasteiger partial charge in [-0.2, -0.15) is 0 Å². The molecule has 1 unspecified atom stereocenters. The first-order valence-electron chi connectivity index (χ1n) is 10.6. The van der Waals surface area contributed by atoms with Gasteiger partial charge >= 0.3 is 0 Å². The van der Waals surface area contributed by atoms with Crippen LogP contribution >= 0.6 is 0 Å². The van der Waals surface area contributed by atoms with Crippen LogP contribution < -0.4 is 0 Å². The number of rotatable bonds is 8. The summed E-state index contributed by atoms with van der Waals surface area (Å²) in [6.07, 6.45) is 6.39. The molecule has 0 aliphatic heterocycles. The second kappa shape index (κ2) is 12.3. The third kappa shape index (κ3) is 7.57. The van der Waals surface area contributed by atoms with Crippen molar-refractivity contribution in [3.05, 3.63) is 95.3 Å². The molecule has 1 atom stereocenters. The summed E-state index contributed by atoms with van der Waals surface area (Å²) in [5, 5.41) is 16.6. The molecule has 5 heteroatoms. The highest BCUT2D eigenvalue weighted by atomic mass is 16.5. The highest BCUT2D eigenvalue weighted by Crippen LogP contribution is 2.19. The molecule has 2 N–H and O–H groups in total. The van der Waals surface area contributed by atoms with Gasteiger partial charge in [-0.1, -0.05) is 72.7 Å². The van der Waals surface area contributed by atoms with Crippen LogP contribution in [0.5, 0.6) is 0 Å². The van der Waals surface area contributed by atoms with Crippen molar-refractivity contribution in [2.24, 2.45) is 0 Å². The van der Waals surface area contributed by atoms with Crippen molar-refractivity contribution in [3.63, 3.8) is 0 Å². The van der Waals surface area contributed by atoms with E-state index in [1.165, 1.54) is 6.08 Å². The Morgan fingerprint density at radius 3 is 2.16 bits per heavy atom. The van der Waals surface area contributed by atoms with Crippen molar-refractivity contribution in [1.82, 2.24) is 0 Å². The Bertz CT molecular complexity index is 1030. The second-order valence-electron chi connectivity index (χ2n) is 7.41. The van der Waals surface area contributed by atoms with E-state index in [4.69, 9.17) is 25.0 Å². The smallest absolute Gasteiger partial charge is 0.249 e. The number of ether oxygens (including phenoxy) is 3. The minimum atomic E-state index is -0.129. The minimum absolute atomic E-state index is 0.0656. The van der Waals surface area contributed by atoms with E-state index in [1.54, 1.807) is 7.11 Å². The SMILES string of the molecule is COC1CC=C(C#CC(=N)/C=C(/OCc2ccccc2)C(=N)OCc2ccccc2)CC1. The first kappa shape index (κ1) is 23.1. The molecule has 2 aromatic carbocycles. The Balaban J connectivity index is 1.68. The molecular weight excluding hydrogens is 400 g/mol. The zero-order valence-electron chi connectivity index (χ0n) is 18.3. The standard InChI is InChI=1S/C27H28N2O3/c1-30-25-16-13-21(14-17-25)12-15-24(28)18-26(31-19-22-8-4-2-5-9-22)27(29)32-20-23-10-6-3-7-11-23/h2-11,13,18,25,28-29H,14,16-17,19-20H2,1H3/b26-18+,28-24?,29-27?. The third-order valence-electron chi connectivity index (χ3n) is 5.02. The molecule has 5 nitrogen and oxygen atoms in total. The number of nitrogens with one attached hydrogen (secondary N) is 2. The van der Waals surface area contributed by atoms with Gasteiger partial charge in [0.05, 0.1) is 6.10 Å². The highest BCUT2D eigenvalue weighted by Gasteiger charge is 2.13. The van der Waals surface area contributed by atoms with Gasteiger partial charge in [-0.25, -0.2) is 0 Å². The van der Waals surface area contributed by atoms with Gasteiger partial charge in [0.1, 0.15) is 18.9 Å². The molecule has 3 rings (SSSR count). The van der Waals surface area contributed by atoms with Gasteiger partial charge in [0.25, 0.3) is 0 Å². The van der Waals surface area contributed by atoms with Crippen LogP contribution in [0.4, 0.5) is 0 Å². The fourth-order valence-electron chi connectivity index (χ4n) is 3.16. The summed E-state index contributed by atoms with van der Waals surface area (Å²) < 4.78 is 16.8. The van der Waals surface area contributed by atoms with Crippen LogP contribution in [0.3, 0.4) is 0 Å². The first-order valence-corrected chi connectivity index (χ1v) is 10.6. The zero-order valence-corrected chi connectivity index (χ0v) is 18.3. The fraction of sp³-hybridized carbons (Fsp3) is 0.259. The molecule has 0 heterocycles. The maximum atomic E-state index is 8.34. The molecule has 0 spiro atoms. The molecule has 0 amide bonds. The van der Waals surface area contributed by atoms with E-state index in [1.807, 2.05) is 60.7 Å². The molecule has 1 aliphatic carbocycles. The van der Waals surface area contributed by atoms with E-state index >= 15 is 0 Å². The van der Waals surface area contributed by atoms with Crippen molar-refractivity contribution in [2.75, 3.05) is 7.11 Å². The van der Waals surface area contributed by atoms with Crippen LogP contribution in [0.1, 0.15) is 30.4 Å². The Hall–Kier alpha value is -3.62. The van der Waals surface area contributed by atoms with Crippen molar-refractivity contribution in [1.29, 1.82) is 10.8 Å². The van der Waals surface area contributed by atoms with Crippen LogP contribution in [-0.4, -0.2) is 24.8 Å². The predicted molar refractivity (Wildman–Crippen MR) is 127 cm³/mol. The Labute approximate surface area is 189 Å². The highest BCUT2D eigenvalue weighted by molar-refractivity contribution is 6.10. The van der Waals surface area contributed by atoms with Gasteiger partial charge in [-0.3, -0.25) is 10.8 Å². The fourth-order valence-corrected chi connectivity index (χ4v) is 3.16. The van der Waals surface area contributed by atoms with E-state index in [9.17, 15) is 0 Å². The summed E-state index contributed by atoms with van der Waals surface area (Å²) in [4.78, 5) is 0. The molecule has 0 bridgehead atoms. The van der Waals surface area contributed by atoms with Gasteiger partial charge in [0.2, 0.25) is 5.90 Å². The maximum absolute atomic E-state index is 8.34. The number of hydrogen-bond donors (Lipinski definition) is 2. The summed E-state index contributed by atoms with van der Waals surface area (Å²) in [6, 6.07) is 19.3. The van der Waals surface area contributed by atoms with Gasteiger partial charge in [-0.05, 0) is 41.9 Å². The summed E-state index contributed by atoms with van der Waals surface area (Å²) in [6.45, 7) is 0.520. The molecule has 0 aromatic heterocycles. The van der Waals surface area contributed by atoms with Gasteiger partial charge < -0.3 is 14.2 Å². The quantitative estimate of drug-likeness (QED) is 0.255. The Morgan fingerprint density at radius 2 is 1.59 bits per heavy atom. The third-order valence-corrected chi connectivity index (χ3v) is 5.02. The largest absolute Gasteiger partial charge is 0.483 e. The van der Waals surface area contributed by atoms with Gasteiger partial charge in [0, 0.05) is 13.2 Å². The molecule has 0 radical (unpaired) electrons. The molecule has 2 aromatic rings. The topological polar surface area (TPSA) is 75.4 Å². The molecule has 1 aliphatic rings. The van der Waals surface area contributed by atoms with E-state index < -0.39 is 0 Å². The lowest BCUT2D eigenvalue weighted by molar-refractivity contribution is 0.0946. The van der Waals surface area contributed by atoms with Crippen LogP contribution in [0, 0.1) is 22.7 Å². The normalized spacial score (nSPS) is 15.7.